The summed E-state index contributed by atoms with van der Waals surface area (Å²) in [5.41, 5.74) is 5.74. The zero-order valence-electron chi connectivity index (χ0n) is 11.0. The van der Waals surface area contributed by atoms with Gasteiger partial charge in [-0.05, 0) is 52.9 Å². The Morgan fingerprint density at radius 1 is 1.40 bits per heavy atom. The van der Waals surface area contributed by atoms with Gasteiger partial charge in [0.15, 0.2) is 0 Å². The summed E-state index contributed by atoms with van der Waals surface area (Å²) in [7, 11) is -3.59. The summed E-state index contributed by atoms with van der Waals surface area (Å²) in [6, 6.07) is 4.43. The Morgan fingerprint density at radius 3 is 2.60 bits per heavy atom. The van der Waals surface area contributed by atoms with Crippen LogP contribution in [-0.4, -0.2) is 21.0 Å². The van der Waals surface area contributed by atoms with Crippen molar-refractivity contribution in [1.82, 2.24) is 4.72 Å². The summed E-state index contributed by atoms with van der Waals surface area (Å²) in [6.07, 6.45) is 4.36. The second-order valence-electron chi connectivity index (χ2n) is 5.08. The average molecular weight is 382 g/mol. The number of nitrogens with one attached hydrogen (secondary N) is 1. The van der Waals surface area contributed by atoms with Crippen molar-refractivity contribution >= 4 is 37.6 Å². The Balaban J connectivity index is 2.21. The SMILES string of the molecule is NCC(NS(=O)(=O)c1ccc(Cl)cc1Br)C1CCCC1. The lowest BCUT2D eigenvalue weighted by molar-refractivity contribution is 0.405. The van der Waals surface area contributed by atoms with Crippen LogP contribution in [0.3, 0.4) is 0 Å². The zero-order chi connectivity index (χ0) is 14.8. The molecule has 0 heterocycles. The number of hydrogen-bond acceptors (Lipinski definition) is 3. The lowest BCUT2D eigenvalue weighted by Gasteiger charge is -2.23. The first-order valence-electron chi connectivity index (χ1n) is 6.61. The maximum atomic E-state index is 12.5. The van der Waals surface area contributed by atoms with Crippen LogP contribution in [0.25, 0.3) is 0 Å². The first-order chi connectivity index (χ1) is 9.44. The van der Waals surface area contributed by atoms with Crippen LogP contribution >= 0.6 is 27.5 Å². The molecule has 1 aliphatic rings. The van der Waals surface area contributed by atoms with Crippen LogP contribution in [-0.2, 0) is 10.0 Å². The maximum absolute atomic E-state index is 12.5. The summed E-state index contributed by atoms with van der Waals surface area (Å²) < 4.78 is 28.1. The zero-order valence-corrected chi connectivity index (χ0v) is 14.1. The van der Waals surface area contributed by atoms with E-state index >= 15 is 0 Å². The molecule has 1 unspecified atom stereocenters. The molecule has 0 aromatic heterocycles. The highest BCUT2D eigenvalue weighted by molar-refractivity contribution is 9.10. The van der Waals surface area contributed by atoms with E-state index in [1.165, 1.54) is 6.07 Å². The molecule has 1 fully saturated rings. The quantitative estimate of drug-likeness (QED) is 0.823. The fourth-order valence-electron chi connectivity index (χ4n) is 2.65. The molecule has 1 aromatic carbocycles. The van der Waals surface area contributed by atoms with Crippen LogP contribution in [0.2, 0.25) is 5.02 Å². The summed E-state index contributed by atoms with van der Waals surface area (Å²) in [6.45, 7) is 0.315. The topological polar surface area (TPSA) is 72.2 Å². The number of hydrogen-bond donors (Lipinski definition) is 2. The first-order valence-corrected chi connectivity index (χ1v) is 9.27. The van der Waals surface area contributed by atoms with Crippen LogP contribution in [0.1, 0.15) is 25.7 Å². The molecule has 0 aliphatic heterocycles. The maximum Gasteiger partial charge on any atom is 0.241 e. The number of halogens is 2. The van der Waals surface area contributed by atoms with E-state index in [0.29, 0.717) is 22.0 Å². The minimum Gasteiger partial charge on any atom is -0.329 e. The fourth-order valence-corrected chi connectivity index (χ4v) is 5.35. The molecule has 0 bridgehead atoms. The molecule has 2 rings (SSSR count). The van der Waals surface area contributed by atoms with Crippen molar-refractivity contribution in [3.63, 3.8) is 0 Å². The predicted molar refractivity (Wildman–Crippen MR) is 84.3 cm³/mol. The smallest absolute Gasteiger partial charge is 0.241 e. The van der Waals surface area contributed by atoms with E-state index in [2.05, 4.69) is 20.7 Å². The molecule has 0 amide bonds. The summed E-state index contributed by atoms with van der Waals surface area (Å²) in [5.74, 6) is 0.334. The molecule has 0 saturated heterocycles. The summed E-state index contributed by atoms with van der Waals surface area (Å²) >= 11 is 9.08. The number of benzene rings is 1. The molecule has 20 heavy (non-hydrogen) atoms. The Labute approximate surface area is 133 Å². The molecule has 1 saturated carbocycles. The van der Waals surface area contributed by atoms with E-state index in [4.69, 9.17) is 17.3 Å². The molecule has 3 N–H and O–H groups in total. The highest BCUT2D eigenvalue weighted by Crippen LogP contribution is 2.30. The van der Waals surface area contributed by atoms with E-state index in [1.807, 2.05) is 0 Å². The second-order valence-corrected chi connectivity index (χ2v) is 8.06. The highest BCUT2D eigenvalue weighted by Gasteiger charge is 2.29. The van der Waals surface area contributed by atoms with E-state index in [9.17, 15) is 8.42 Å². The molecule has 1 aliphatic carbocycles. The van der Waals surface area contributed by atoms with Crippen molar-refractivity contribution in [2.75, 3.05) is 6.54 Å². The van der Waals surface area contributed by atoms with Gasteiger partial charge in [0.25, 0.3) is 0 Å². The van der Waals surface area contributed by atoms with E-state index in [1.54, 1.807) is 12.1 Å². The van der Waals surface area contributed by atoms with Gasteiger partial charge in [-0.1, -0.05) is 24.4 Å². The average Bonchev–Trinajstić information content (AvgIpc) is 2.89. The van der Waals surface area contributed by atoms with Gasteiger partial charge >= 0.3 is 0 Å². The largest absolute Gasteiger partial charge is 0.329 e. The van der Waals surface area contributed by atoms with E-state index in [-0.39, 0.29) is 10.9 Å². The van der Waals surface area contributed by atoms with Crippen molar-refractivity contribution < 1.29 is 8.42 Å². The van der Waals surface area contributed by atoms with Crippen LogP contribution in [0.5, 0.6) is 0 Å². The Morgan fingerprint density at radius 2 is 2.05 bits per heavy atom. The minimum absolute atomic E-state index is 0.193. The number of sulfonamides is 1. The van der Waals surface area contributed by atoms with Gasteiger partial charge in [-0.3, -0.25) is 0 Å². The van der Waals surface area contributed by atoms with Crippen molar-refractivity contribution in [3.8, 4) is 0 Å². The molecule has 7 heteroatoms. The van der Waals surface area contributed by atoms with Gasteiger partial charge in [0.1, 0.15) is 0 Å². The third-order valence-corrected chi connectivity index (χ3v) is 6.41. The molecule has 112 valence electrons. The third kappa shape index (κ3) is 3.74. The van der Waals surface area contributed by atoms with Gasteiger partial charge < -0.3 is 5.73 Å². The van der Waals surface area contributed by atoms with Gasteiger partial charge in [-0.15, -0.1) is 0 Å². The van der Waals surface area contributed by atoms with Gasteiger partial charge in [0.2, 0.25) is 10.0 Å². The monoisotopic (exact) mass is 380 g/mol. The lowest BCUT2D eigenvalue weighted by atomic mass is 9.99. The van der Waals surface area contributed by atoms with E-state index < -0.39 is 10.0 Å². The van der Waals surface area contributed by atoms with Crippen molar-refractivity contribution in [1.29, 1.82) is 0 Å². The summed E-state index contributed by atoms with van der Waals surface area (Å²) in [4.78, 5) is 0.193. The standard InChI is InChI=1S/C13H18BrClN2O2S/c14-11-7-10(15)5-6-13(11)20(18,19)17-12(8-16)9-3-1-2-4-9/h5-7,9,12,17H,1-4,8,16H2. The molecule has 1 aromatic rings. The first kappa shape index (κ1) is 16.2. The number of rotatable bonds is 5. The highest BCUT2D eigenvalue weighted by atomic mass is 79.9. The lowest BCUT2D eigenvalue weighted by Crippen LogP contribution is -2.44. The minimum atomic E-state index is -3.59. The van der Waals surface area contributed by atoms with Crippen molar-refractivity contribution in [2.45, 2.75) is 36.6 Å². The normalized spacial score (nSPS) is 18.4. The Hall–Kier alpha value is -0.140. The Bertz CT molecular complexity index is 574. The van der Waals surface area contributed by atoms with Crippen molar-refractivity contribution in [3.05, 3.63) is 27.7 Å². The second kappa shape index (κ2) is 6.75. The fraction of sp³-hybridized carbons (Fsp3) is 0.538. The van der Waals surface area contributed by atoms with Crippen LogP contribution in [0.15, 0.2) is 27.6 Å². The molecular formula is C13H18BrClN2O2S. The molecule has 4 nitrogen and oxygen atoms in total. The van der Waals surface area contributed by atoms with E-state index in [0.717, 1.165) is 25.7 Å². The summed E-state index contributed by atoms with van der Waals surface area (Å²) in [5, 5.41) is 0.488. The predicted octanol–water partition coefficient (Wildman–Crippen LogP) is 2.90. The van der Waals surface area contributed by atoms with Crippen molar-refractivity contribution in [2.24, 2.45) is 11.7 Å². The molecule has 1 atom stereocenters. The van der Waals surface area contributed by atoms with Crippen LogP contribution in [0, 0.1) is 5.92 Å². The number of nitrogens with two attached hydrogens (primary N) is 1. The third-order valence-electron chi connectivity index (χ3n) is 3.71. The molecular weight excluding hydrogens is 364 g/mol. The van der Waals surface area contributed by atoms with Gasteiger partial charge in [-0.2, -0.15) is 0 Å². The van der Waals surface area contributed by atoms with Gasteiger partial charge in [0, 0.05) is 22.1 Å². The Kier molecular flexibility index (Phi) is 5.48. The van der Waals surface area contributed by atoms with Crippen LogP contribution in [0.4, 0.5) is 0 Å². The van der Waals surface area contributed by atoms with Gasteiger partial charge in [-0.25, -0.2) is 13.1 Å². The van der Waals surface area contributed by atoms with Gasteiger partial charge in [0.05, 0.1) is 4.90 Å². The van der Waals surface area contributed by atoms with Crippen LogP contribution < -0.4 is 10.5 Å². The molecule has 0 spiro atoms. The molecule has 0 radical (unpaired) electrons.